The maximum atomic E-state index is 5.76. The molecule has 17 heavy (non-hydrogen) atoms. The molecule has 0 amide bonds. The van der Waals surface area contributed by atoms with E-state index in [1.165, 1.54) is 0 Å². The summed E-state index contributed by atoms with van der Waals surface area (Å²) in [6.07, 6.45) is 0.189. The van der Waals surface area contributed by atoms with Crippen LogP contribution in [0.5, 0.6) is 0 Å². The Bertz CT molecular complexity index is 519. The molecule has 0 radical (unpaired) electrons. The molecule has 1 unspecified atom stereocenters. The number of benzene rings is 1. The van der Waals surface area contributed by atoms with Crippen molar-refractivity contribution in [3.63, 3.8) is 0 Å². The summed E-state index contributed by atoms with van der Waals surface area (Å²) in [7, 11) is 0. The smallest absolute Gasteiger partial charge is 0.106 e. The first-order chi connectivity index (χ1) is 8.11. The molecule has 0 aliphatic rings. The quantitative estimate of drug-likeness (QED) is 0.825. The van der Waals surface area contributed by atoms with Crippen LogP contribution in [0.15, 0.2) is 18.2 Å². The molecular weight excluding hydrogens is 214 g/mol. The Morgan fingerprint density at radius 1 is 1.47 bits per heavy atom. The number of aryl methyl sites for hydroxylation is 1. The Labute approximate surface area is 101 Å². The van der Waals surface area contributed by atoms with Crippen molar-refractivity contribution in [2.24, 2.45) is 0 Å². The Morgan fingerprint density at radius 3 is 2.94 bits per heavy atom. The Balaban J connectivity index is 2.36. The largest absolute Gasteiger partial charge is 0.399 e. The Kier molecular flexibility index (Phi) is 3.33. The minimum atomic E-state index is 0.189. The summed E-state index contributed by atoms with van der Waals surface area (Å²) in [5, 5.41) is 0. The topological polar surface area (TPSA) is 53.1 Å². The van der Waals surface area contributed by atoms with Crippen molar-refractivity contribution in [2.45, 2.75) is 33.4 Å². The summed E-state index contributed by atoms with van der Waals surface area (Å²) in [5.41, 5.74) is 8.57. The fourth-order valence-corrected chi connectivity index (χ4v) is 2.09. The molecule has 4 heteroatoms. The van der Waals surface area contributed by atoms with Gasteiger partial charge in [0, 0.05) is 12.3 Å². The van der Waals surface area contributed by atoms with Gasteiger partial charge in [0.15, 0.2) is 0 Å². The highest BCUT2D eigenvalue weighted by molar-refractivity contribution is 5.79. The molecule has 2 aromatic rings. The van der Waals surface area contributed by atoms with Crippen LogP contribution >= 0.6 is 0 Å². The fourth-order valence-electron chi connectivity index (χ4n) is 2.09. The van der Waals surface area contributed by atoms with E-state index in [1.54, 1.807) is 0 Å². The molecular formula is C13H19N3O. The van der Waals surface area contributed by atoms with Crippen LogP contribution in [0.1, 0.15) is 19.7 Å². The monoisotopic (exact) mass is 233 g/mol. The van der Waals surface area contributed by atoms with E-state index >= 15 is 0 Å². The number of nitrogens with zero attached hydrogens (tertiary/aromatic N) is 2. The maximum Gasteiger partial charge on any atom is 0.106 e. The van der Waals surface area contributed by atoms with Gasteiger partial charge in [0.25, 0.3) is 0 Å². The zero-order chi connectivity index (χ0) is 12.4. The van der Waals surface area contributed by atoms with Gasteiger partial charge in [0.1, 0.15) is 5.82 Å². The van der Waals surface area contributed by atoms with Crippen molar-refractivity contribution >= 4 is 16.7 Å². The number of nitrogens with two attached hydrogens (primary N) is 1. The van der Waals surface area contributed by atoms with Gasteiger partial charge >= 0.3 is 0 Å². The van der Waals surface area contributed by atoms with Crippen molar-refractivity contribution in [3.8, 4) is 0 Å². The number of fused-ring (bicyclic) bond motifs is 1. The zero-order valence-electron chi connectivity index (χ0n) is 10.6. The minimum Gasteiger partial charge on any atom is -0.399 e. The maximum absolute atomic E-state index is 5.76. The van der Waals surface area contributed by atoms with Crippen LogP contribution in [0.25, 0.3) is 11.0 Å². The van der Waals surface area contributed by atoms with Crippen LogP contribution in [0.3, 0.4) is 0 Å². The van der Waals surface area contributed by atoms with Gasteiger partial charge in [0.2, 0.25) is 0 Å². The number of hydrogen-bond donors (Lipinski definition) is 1. The molecule has 0 spiro atoms. The van der Waals surface area contributed by atoms with Gasteiger partial charge in [-0.15, -0.1) is 0 Å². The first kappa shape index (κ1) is 11.9. The Morgan fingerprint density at radius 2 is 2.24 bits per heavy atom. The van der Waals surface area contributed by atoms with Gasteiger partial charge in [-0.3, -0.25) is 0 Å². The molecule has 1 aromatic heterocycles. The summed E-state index contributed by atoms with van der Waals surface area (Å²) < 4.78 is 7.75. The molecule has 0 saturated heterocycles. The fraction of sp³-hybridized carbons (Fsp3) is 0.462. The highest BCUT2D eigenvalue weighted by Crippen LogP contribution is 2.19. The molecule has 0 saturated carbocycles. The van der Waals surface area contributed by atoms with Gasteiger partial charge < -0.3 is 15.0 Å². The highest BCUT2D eigenvalue weighted by Gasteiger charge is 2.10. The standard InChI is InChI=1S/C13H19N3O/c1-4-17-9(2)8-16-10(3)15-12-7-11(14)5-6-13(12)16/h5-7,9H,4,8,14H2,1-3H3. The number of anilines is 1. The van der Waals surface area contributed by atoms with Crippen molar-refractivity contribution in [1.82, 2.24) is 9.55 Å². The summed E-state index contributed by atoms with van der Waals surface area (Å²) in [5.74, 6) is 0.997. The summed E-state index contributed by atoms with van der Waals surface area (Å²) in [6.45, 7) is 7.65. The van der Waals surface area contributed by atoms with E-state index in [1.807, 2.05) is 32.0 Å². The molecule has 0 bridgehead atoms. The van der Waals surface area contributed by atoms with Gasteiger partial charge in [-0.25, -0.2) is 4.98 Å². The third-order valence-electron chi connectivity index (χ3n) is 2.85. The van der Waals surface area contributed by atoms with Crippen LogP contribution in [0.2, 0.25) is 0 Å². The summed E-state index contributed by atoms with van der Waals surface area (Å²) in [4.78, 5) is 4.51. The number of rotatable bonds is 4. The second-order valence-corrected chi connectivity index (χ2v) is 4.28. The van der Waals surface area contributed by atoms with E-state index in [4.69, 9.17) is 10.5 Å². The predicted molar refractivity (Wildman–Crippen MR) is 70.0 cm³/mol. The molecule has 4 nitrogen and oxygen atoms in total. The van der Waals surface area contributed by atoms with E-state index < -0.39 is 0 Å². The van der Waals surface area contributed by atoms with Gasteiger partial charge in [-0.2, -0.15) is 0 Å². The number of ether oxygens (including phenoxy) is 1. The third-order valence-corrected chi connectivity index (χ3v) is 2.85. The average molecular weight is 233 g/mol. The number of nitrogen functional groups attached to an aromatic ring is 1. The van der Waals surface area contributed by atoms with Crippen molar-refractivity contribution < 1.29 is 4.74 Å². The first-order valence-electron chi connectivity index (χ1n) is 5.95. The lowest BCUT2D eigenvalue weighted by atomic mass is 10.2. The molecule has 92 valence electrons. The molecule has 1 aromatic carbocycles. The van der Waals surface area contributed by atoms with E-state index in [0.717, 1.165) is 35.7 Å². The zero-order valence-corrected chi connectivity index (χ0v) is 10.6. The lowest BCUT2D eigenvalue weighted by Gasteiger charge is -2.14. The van der Waals surface area contributed by atoms with Crippen LogP contribution in [0.4, 0.5) is 5.69 Å². The molecule has 0 fully saturated rings. The van der Waals surface area contributed by atoms with Crippen molar-refractivity contribution in [2.75, 3.05) is 12.3 Å². The molecule has 0 aliphatic carbocycles. The molecule has 1 heterocycles. The SMILES string of the molecule is CCOC(C)Cn1c(C)nc2cc(N)ccc21. The van der Waals surface area contributed by atoms with Crippen LogP contribution < -0.4 is 5.73 Å². The van der Waals surface area contributed by atoms with Crippen molar-refractivity contribution in [1.29, 1.82) is 0 Å². The molecule has 2 rings (SSSR count). The number of aromatic nitrogens is 2. The minimum absolute atomic E-state index is 0.189. The normalized spacial score (nSPS) is 13.1. The predicted octanol–water partition coefficient (Wildman–Crippen LogP) is 2.35. The van der Waals surface area contributed by atoms with E-state index in [-0.39, 0.29) is 6.10 Å². The van der Waals surface area contributed by atoms with Crippen LogP contribution in [0, 0.1) is 6.92 Å². The van der Waals surface area contributed by atoms with E-state index in [9.17, 15) is 0 Å². The summed E-state index contributed by atoms with van der Waals surface area (Å²) in [6, 6.07) is 5.83. The number of imidazole rings is 1. The molecule has 1 atom stereocenters. The van der Waals surface area contributed by atoms with Gasteiger partial charge in [-0.1, -0.05) is 0 Å². The second-order valence-electron chi connectivity index (χ2n) is 4.28. The van der Waals surface area contributed by atoms with Crippen LogP contribution in [-0.2, 0) is 11.3 Å². The lowest BCUT2D eigenvalue weighted by Crippen LogP contribution is -2.17. The highest BCUT2D eigenvalue weighted by atomic mass is 16.5. The van der Waals surface area contributed by atoms with Crippen molar-refractivity contribution in [3.05, 3.63) is 24.0 Å². The van der Waals surface area contributed by atoms with E-state index in [0.29, 0.717) is 0 Å². The molecule has 2 N–H and O–H groups in total. The van der Waals surface area contributed by atoms with Gasteiger partial charge in [-0.05, 0) is 39.0 Å². The number of hydrogen-bond acceptors (Lipinski definition) is 3. The summed E-state index contributed by atoms with van der Waals surface area (Å²) >= 11 is 0. The third kappa shape index (κ3) is 2.42. The average Bonchev–Trinajstić information content (AvgIpc) is 2.55. The second kappa shape index (κ2) is 4.75. The van der Waals surface area contributed by atoms with Gasteiger partial charge in [0.05, 0.1) is 23.7 Å². The van der Waals surface area contributed by atoms with E-state index in [2.05, 4.69) is 16.5 Å². The Hall–Kier alpha value is -1.55. The first-order valence-corrected chi connectivity index (χ1v) is 5.95. The molecule has 0 aliphatic heterocycles. The van der Waals surface area contributed by atoms with Crippen LogP contribution in [-0.4, -0.2) is 22.3 Å². The lowest BCUT2D eigenvalue weighted by molar-refractivity contribution is 0.0644.